The van der Waals surface area contributed by atoms with Gasteiger partial charge in [0, 0.05) is 6.54 Å². The molecule has 5 aromatic rings. The molecule has 3 aromatic heterocycles. The van der Waals surface area contributed by atoms with E-state index in [4.69, 9.17) is 15.1 Å². The Hall–Kier alpha value is -3.87. The van der Waals surface area contributed by atoms with E-state index in [1.54, 1.807) is 21.8 Å². The van der Waals surface area contributed by atoms with Gasteiger partial charge in [-0.05, 0) is 36.6 Å². The topological polar surface area (TPSA) is 78.0 Å². The Morgan fingerprint density at radius 1 is 0.939 bits per heavy atom. The van der Waals surface area contributed by atoms with E-state index in [9.17, 15) is 4.79 Å². The first-order chi connectivity index (χ1) is 16.2. The lowest BCUT2D eigenvalue weighted by atomic mass is 10.1. The molecule has 33 heavy (non-hydrogen) atoms. The first-order valence-corrected chi connectivity index (χ1v) is 11.4. The van der Waals surface area contributed by atoms with Gasteiger partial charge in [0.2, 0.25) is 0 Å². The Morgan fingerprint density at radius 3 is 2.48 bits per heavy atom. The predicted molar refractivity (Wildman–Crippen MR) is 133 cm³/mol. The fourth-order valence-electron chi connectivity index (χ4n) is 4.08. The van der Waals surface area contributed by atoms with Gasteiger partial charge in [-0.2, -0.15) is 9.78 Å². The van der Waals surface area contributed by atoms with E-state index in [-0.39, 0.29) is 5.56 Å². The molecule has 0 fully saturated rings. The molecule has 2 aromatic carbocycles. The van der Waals surface area contributed by atoms with Crippen LogP contribution in [-0.4, -0.2) is 30.4 Å². The quantitative estimate of drug-likeness (QED) is 0.263. The van der Waals surface area contributed by atoms with E-state index < -0.39 is 0 Å². The lowest BCUT2D eigenvalue weighted by Crippen LogP contribution is -2.20. The zero-order valence-corrected chi connectivity index (χ0v) is 18.9. The van der Waals surface area contributed by atoms with Crippen molar-refractivity contribution in [3.05, 3.63) is 76.3 Å². The van der Waals surface area contributed by atoms with E-state index in [1.165, 1.54) is 0 Å². The molecular weight excluding hydrogens is 412 g/mol. The molecule has 0 amide bonds. The van der Waals surface area contributed by atoms with Crippen LogP contribution < -0.4 is 5.56 Å². The molecule has 0 saturated carbocycles. The van der Waals surface area contributed by atoms with Crippen LogP contribution >= 0.6 is 0 Å². The van der Waals surface area contributed by atoms with Crippen LogP contribution in [0.3, 0.4) is 0 Å². The predicted octanol–water partition coefficient (Wildman–Crippen LogP) is 5.07. The van der Waals surface area contributed by atoms with E-state index in [0.29, 0.717) is 28.7 Å². The first kappa shape index (κ1) is 21.0. The Morgan fingerprint density at radius 2 is 1.70 bits per heavy atom. The highest BCUT2D eigenvalue weighted by molar-refractivity contribution is 6.04. The van der Waals surface area contributed by atoms with Gasteiger partial charge in [-0.15, -0.1) is 0 Å². The molecule has 0 spiro atoms. The Labute approximate surface area is 191 Å². The third-order valence-corrected chi connectivity index (χ3v) is 5.96. The molecule has 0 saturated heterocycles. The van der Waals surface area contributed by atoms with Crippen molar-refractivity contribution in [2.24, 2.45) is 5.10 Å². The van der Waals surface area contributed by atoms with Gasteiger partial charge in [0.05, 0.1) is 23.6 Å². The number of aryl methyl sites for hydroxylation is 2. The smallest absolute Gasteiger partial charge is 0.265 e. The number of hydrogen-bond donors (Lipinski definition) is 0. The minimum absolute atomic E-state index is 0.101. The van der Waals surface area contributed by atoms with E-state index >= 15 is 0 Å². The number of aromatic nitrogens is 5. The van der Waals surface area contributed by atoms with Gasteiger partial charge in [0.25, 0.3) is 5.56 Å². The molecule has 0 aliphatic rings. The summed E-state index contributed by atoms with van der Waals surface area (Å²) in [4.78, 5) is 27.7. The van der Waals surface area contributed by atoms with Crippen LogP contribution in [0.5, 0.6) is 0 Å². The largest absolute Gasteiger partial charge is 0.299 e. The van der Waals surface area contributed by atoms with Gasteiger partial charge < -0.3 is 0 Å². The molecule has 0 atom stereocenters. The zero-order valence-electron chi connectivity index (χ0n) is 18.9. The van der Waals surface area contributed by atoms with Crippen molar-refractivity contribution < 1.29 is 0 Å². The number of fused-ring (bicyclic) bond motifs is 4. The Bertz CT molecular complexity index is 1550. The van der Waals surface area contributed by atoms with Crippen LogP contribution in [0.25, 0.3) is 33.2 Å². The fraction of sp³-hybridized carbons (Fsp3) is 0.269. The highest BCUT2D eigenvalue weighted by Gasteiger charge is 2.19. The summed E-state index contributed by atoms with van der Waals surface area (Å²) >= 11 is 0. The molecule has 5 rings (SSSR count). The second kappa shape index (κ2) is 8.94. The lowest BCUT2D eigenvalue weighted by Gasteiger charge is -2.05. The van der Waals surface area contributed by atoms with Crippen molar-refractivity contribution in [3.63, 3.8) is 0 Å². The number of nitrogens with zero attached hydrogens (tertiary/aromatic N) is 6. The summed E-state index contributed by atoms with van der Waals surface area (Å²) in [5.74, 6) is 0. The standard InChI is InChI=1S/C26H26N6O/c1-3-4-5-10-15-31-17-27-24-22(26(31)33)23-25(30-21-14-9-8-13-20(21)29-23)32(24)28-16-19-12-7-6-11-18(19)2/h6-9,11-14,16-17H,3-5,10,15H2,1-2H3/b28-16+. The van der Waals surface area contributed by atoms with E-state index in [0.717, 1.165) is 47.8 Å². The summed E-state index contributed by atoms with van der Waals surface area (Å²) in [7, 11) is 0. The second-order valence-electron chi connectivity index (χ2n) is 8.30. The van der Waals surface area contributed by atoms with Crippen LogP contribution in [0.4, 0.5) is 0 Å². The molecule has 3 heterocycles. The van der Waals surface area contributed by atoms with Crippen LogP contribution in [0.1, 0.15) is 43.7 Å². The third-order valence-electron chi connectivity index (χ3n) is 5.96. The van der Waals surface area contributed by atoms with Gasteiger partial charge in [-0.25, -0.2) is 15.0 Å². The maximum absolute atomic E-state index is 13.5. The van der Waals surface area contributed by atoms with Crippen LogP contribution in [0, 0.1) is 6.92 Å². The number of unbranched alkanes of at least 4 members (excludes halogenated alkanes) is 3. The molecule has 0 aliphatic heterocycles. The number of benzene rings is 2. The molecule has 0 bridgehead atoms. The van der Waals surface area contributed by atoms with Crippen molar-refractivity contribution >= 4 is 39.4 Å². The van der Waals surface area contributed by atoms with E-state index in [2.05, 4.69) is 11.9 Å². The molecule has 166 valence electrons. The van der Waals surface area contributed by atoms with Crippen LogP contribution in [-0.2, 0) is 6.54 Å². The molecule has 0 unspecified atom stereocenters. The Balaban J connectivity index is 1.72. The highest BCUT2D eigenvalue weighted by atomic mass is 16.1. The van der Waals surface area contributed by atoms with Crippen molar-refractivity contribution in [1.82, 2.24) is 24.2 Å². The number of rotatable bonds is 7. The molecule has 0 aliphatic carbocycles. The SMILES string of the molecule is CCCCCCn1cnc2c(c1=O)c1nc3ccccc3nc1n2/N=C/c1ccccc1C. The summed E-state index contributed by atoms with van der Waals surface area (Å²) in [6.45, 7) is 4.85. The maximum atomic E-state index is 13.5. The van der Waals surface area contributed by atoms with Crippen LogP contribution in [0.2, 0.25) is 0 Å². The monoisotopic (exact) mass is 438 g/mol. The molecular formula is C26H26N6O. The number of para-hydroxylation sites is 2. The minimum atomic E-state index is -0.101. The summed E-state index contributed by atoms with van der Waals surface area (Å²) < 4.78 is 3.32. The number of hydrogen-bond acceptors (Lipinski definition) is 5. The van der Waals surface area contributed by atoms with Crippen molar-refractivity contribution in [3.8, 4) is 0 Å². The highest BCUT2D eigenvalue weighted by Crippen LogP contribution is 2.25. The lowest BCUT2D eigenvalue weighted by molar-refractivity contribution is 0.567. The van der Waals surface area contributed by atoms with Crippen molar-refractivity contribution in [1.29, 1.82) is 0 Å². The first-order valence-electron chi connectivity index (χ1n) is 11.4. The third kappa shape index (κ3) is 3.91. The summed E-state index contributed by atoms with van der Waals surface area (Å²) in [5.41, 5.74) is 5.03. The normalized spacial score (nSPS) is 11.9. The summed E-state index contributed by atoms with van der Waals surface area (Å²) in [6.07, 6.45) is 7.75. The van der Waals surface area contributed by atoms with Gasteiger partial charge in [-0.3, -0.25) is 9.36 Å². The van der Waals surface area contributed by atoms with Gasteiger partial charge in [0.1, 0.15) is 10.9 Å². The minimum Gasteiger partial charge on any atom is -0.299 e. The molecule has 0 N–H and O–H groups in total. The fourth-order valence-corrected chi connectivity index (χ4v) is 4.08. The van der Waals surface area contributed by atoms with Crippen molar-refractivity contribution in [2.75, 3.05) is 0 Å². The van der Waals surface area contributed by atoms with Crippen LogP contribution in [0.15, 0.2) is 64.8 Å². The summed E-state index contributed by atoms with van der Waals surface area (Å²) in [6, 6.07) is 15.7. The molecule has 7 nitrogen and oxygen atoms in total. The Kier molecular flexibility index (Phi) is 5.69. The second-order valence-corrected chi connectivity index (χ2v) is 8.30. The molecule has 7 heteroatoms. The molecule has 0 radical (unpaired) electrons. The average Bonchev–Trinajstić information content (AvgIpc) is 3.14. The van der Waals surface area contributed by atoms with E-state index in [1.807, 2.05) is 55.5 Å². The zero-order chi connectivity index (χ0) is 22.8. The maximum Gasteiger partial charge on any atom is 0.265 e. The average molecular weight is 439 g/mol. The van der Waals surface area contributed by atoms with Gasteiger partial charge in [-0.1, -0.05) is 62.6 Å². The van der Waals surface area contributed by atoms with Crippen molar-refractivity contribution in [2.45, 2.75) is 46.1 Å². The van der Waals surface area contributed by atoms with Gasteiger partial charge >= 0.3 is 0 Å². The summed E-state index contributed by atoms with van der Waals surface area (Å²) in [5, 5.41) is 5.16. The van der Waals surface area contributed by atoms with Gasteiger partial charge in [0.15, 0.2) is 11.3 Å².